The van der Waals surface area contributed by atoms with Gasteiger partial charge in [0.05, 0.1) is 24.8 Å². The van der Waals surface area contributed by atoms with Crippen LogP contribution in [0.3, 0.4) is 0 Å². The van der Waals surface area contributed by atoms with Gasteiger partial charge in [-0.2, -0.15) is 0 Å². The molecule has 2 rings (SSSR count). The number of carbonyl (C=O) groups excluding carboxylic acids is 1. The van der Waals surface area contributed by atoms with Gasteiger partial charge in [0.1, 0.15) is 5.92 Å². The van der Waals surface area contributed by atoms with Crippen molar-refractivity contribution in [3.05, 3.63) is 28.2 Å². The number of carboxylic acid groups (broad SMARTS) is 1. The van der Waals surface area contributed by atoms with Crippen molar-refractivity contribution in [2.45, 2.75) is 13.0 Å². The van der Waals surface area contributed by atoms with Gasteiger partial charge in [-0.15, -0.1) is 0 Å². The van der Waals surface area contributed by atoms with E-state index in [1.807, 2.05) is 11.8 Å². The Morgan fingerprint density at radius 2 is 2.19 bits per heavy atom. The fraction of sp³-hybridized carbons (Fsp3) is 0.429. The first-order chi connectivity index (χ1) is 9.95. The summed E-state index contributed by atoms with van der Waals surface area (Å²) >= 11 is 3.31. The molecule has 1 aliphatic rings. The molecule has 3 N–H and O–H groups in total. The van der Waals surface area contributed by atoms with Gasteiger partial charge >= 0.3 is 5.97 Å². The van der Waals surface area contributed by atoms with Gasteiger partial charge in [-0.25, -0.2) is 0 Å². The highest BCUT2D eigenvalue weighted by molar-refractivity contribution is 9.10. The molecule has 2 atom stereocenters. The van der Waals surface area contributed by atoms with Crippen molar-refractivity contribution in [2.24, 2.45) is 11.7 Å². The molecule has 21 heavy (non-hydrogen) atoms. The van der Waals surface area contributed by atoms with E-state index in [9.17, 15) is 14.7 Å². The van der Waals surface area contributed by atoms with Crippen LogP contribution in [-0.2, 0) is 9.53 Å². The molecule has 1 fully saturated rings. The van der Waals surface area contributed by atoms with Crippen LogP contribution >= 0.6 is 15.9 Å². The predicted molar refractivity (Wildman–Crippen MR) is 81.4 cm³/mol. The molecule has 0 aliphatic carbocycles. The average molecular weight is 357 g/mol. The Morgan fingerprint density at radius 3 is 2.76 bits per heavy atom. The SMILES string of the molecule is CCN(c1ccc(Br)cc1C(N)=O)C1COCC1C(=O)O. The normalized spacial score (nSPS) is 21.2. The lowest BCUT2D eigenvalue weighted by molar-refractivity contribution is -0.141. The number of benzene rings is 1. The number of ether oxygens (including phenoxy) is 1. The second kappa shape index (κ2) is 6.44. The van der Waals surface area contributed by atoms with Crippen LogP contribution in [0.15, 0.2) is 22.7 Å². The summed E-state index contributed by atoms with van der Waals surface area (Å²) in [6.45, 7) is 2.96. The molecule has 0 saturated carbocycles. The zero-order valence-corrected chi connectivity index (χ0v) is 13.2. The number of nitrogens with zero attached hydrogens (tertiary/aromatic N) is 1. The van der Waals surface area contributed by atoms with Crippen molar-refractivity contribution in [1.82, 2.24) is 0 Å². The minimum absolute atomic E-state index is 0.179. The third-order valence-corrected chi connectivity index (χ3v) is 4.14. The summed E-state index contributed by atoms with van der Waals surface area (Å²) < 4.78 is 6.06. The third-order valence-electron chi connectivity index (χ3n) is 3.64. The zero-order valence-electron chi connectivity index (χ0n) is 11.6. The Morgan fingerprint density at radius 1 is 1.48 bits per heavy atom. The molecule has 1 aliphatic heterocycles. The summed E-state index contributed by atoms with van der Waals surface area (Å²) in [6, 6.07) is 4.90. The van der Waals surface area contributed by atoms with Gasteiger partial charge < -0.3 is 20.5 Å². The van der Waals surface area contributed by atoms with E-state index in [0.29, 0.717) is 24.4 Å². The molecule has 0 bridgehead atoms. The molecule has 0 aromatic heterocycles. The maximum atomic E-state index is 11.7. The predicted octanol–water partition coefficient (Wildman–Crippen LogP) is 1.47. The van der Waals surface area contributed by atoms with E-state index >= 15 is 0 Å². The van der Waals surface area contributed by atoms with Crippen molar-refractivity contribution >= 4 is 33.5 Å². The number of primary amides is 1. The van der Waals surface area contributed by atoms with Crippen LogP contribution in [0.2, 0.25) is 0 Å². The van der Waals surface area contributed by atoms with E-state index in [2.05, 4.69) is 15.9 Å². The zero-order chi connectivity index (χ0) is 15.6. The first kappa shape index (κ1) is 15.8. The van der Waals surface area contributed by atoms with Gasteiger partial charge in [0.25, 0.3) is 5.91 Å². The largest absolute Gasteiger partial charge is 0.481 e. The number of amides is 1. The first-order valence-electron chi connectivity index (χ1n) is 6.62. The van der Waals surface area contributed by atoms with Gasteiger partial charge in [-0.3, -0.25) is 9.59 Å². The monoisotopic (exact) mass is 356 g/mol. The minimum atomic E-state index is -0.895. The Balaban J connectivity index is 2.42. The number of aliphatic carboxylic acids is 1. The Kier molecular flexibility index (Phi) is 4.84. The maximum Gasteiger partial charge on any atom is 0.311 e. The highest BCUT2D eigenvalue weighted by Crippen LogP contribution is 2.30. The summed E-state index contributed by atoms with van der Waals surface area (Å²) in [5.74, 6) is -2.06. The molecule has 1 saturated heterocycles. The molecule has 1 aromatic rings. The van der Waals surface area contributed by atoms with Crippen molar-refractivity contribution in [2.75, 3.05) is 24.7 Å². The minimum Gasteiger partial charge on any atom is -0.481 e. The molecule has 2 unspecified atom stereocenters. The number of likely N-dealkylation sites (N-methyl/N-ethyl adjacent to an activating group) is 1. The molecular weight excluding hydrogens is 340 g/mol. The molecule has 114 valence electrons. The van der Waals surface area contributed by atoms with E-state index in [0.717, 1.165) is 4.47 Å². The van der Waals surface area contributed by atoms with Crippen molar-refractivity contribution in [3.63, 3.8) is 0 Å². The fourth-order valence-corrected chi connectivity index (χ4v) is 2.99. The summed E-state index contributed by atoms with van der Waals surface area (Å²) in [6.07, 6.45) is 0. The van der Waals surface area contributed by atoms with Gasteiger partial charge in [-0.05, 0) is 25.1 Å². The van der Waals surface area contributed by atoms with Crippen LogP contribution in [0.4, 0.5) is 5.69 Å². The number of halogens is 1. The van der Waals surface area contributed by atoms with Gasteiger partial charge in [0.15, 0.2) is 0 Å². The number of hydrogen-bond acceptors (Lipinski definition) is 4. The Bertz CT molecular complexity index is 564. The molecule has 7 heteroatoms. The summed E-state index contributed by atoms with van der Waals surface area (Å²) in [4.78, 5) is 24.9. The number of anilines is 1. The van der Waals surface area contributed by atoms with Gasteiger partial charge in [-0.1, -0.05) is 15.9 Å². The third kappa shape index (κ3) is 3.19. The molecule has 6 nitrogen and oxygen atoms in total. The Hall–Kier alpha value is -1.60. The first-order valence-corrected chi connectivity index (χ1v) is 7.41. The van der Waals surface area contributed by atoms with Crippen LogP contribution < -0.4 is 10.6 Å². The summed E-state index contributed by atoms with van der Waals surface area (Å²) in [5.41, 5.74) is 6.43. The molecule has 1 amide bonds. The molecule has 0 spiro atoms. The molecular formula is C14H17BrN2O4. The topological polar surface area (TPSA) is 92.9 Å². The second-order valence-electron chi connectivity index (χ2n) is 4.86. The highest BCUT2D eigenvalue weighted by atomic mass is 79.9. The molecule has 1 aromatic carbocycles. The lowest BCUT2D eigenvalue weighted by Crippen LogP contribution is -2.44. The van der Waals surface area contributed by atoms with Gasteiger partial charge in [0, 0.05) is 16.7 Å². The van der Waals surface area contributed by atoms with Crippen LogP contribution in [0.1, 0.15) is 17.3 Å². The lowest BCUT2D eigenvalue weighted by atomic mass is 10.0. The van der Waals surface area contributed by atoms with E-state index in [-0.39, 0.29) is 12.6 Å². The van der Waals surface area contributed by atoms with Crippen molar-refractivity contribution in [1.29, 1.82) is 0 Å². The number of rotatable bonds is 5. The average Bonchev–Trinajstić information content (AvgIpc) is 2.90. The summed E-state index contributed by atoms with van der Waals surface area (Å²) in [7, 11) is 0. The van der Waals surface area contributed by atoms with Gasteiger partial charge in [0.2, 0.25) is 0 Å². The smallest absolute Gasteiger partial charge is 0.311 e. The summed E-state index contributed by atoms with van der Waals surface area (Å²) in [5, 5.41) is 9.29. The van der Waals surface area contributed by atoms with Crippen LogP contribution in [0.25, 0.3) is 0 Å². The number of nitrogens with two attached hydrogens (primary N) is 1. The fourth-order valence-electron chi connectivity index (χ4n) is 2.63. The standard InChI is InChI=1S/C14H17BrN2O4/c1-2-17(12-7-21-6-10(12)14(19)20)11-4-3-8(15)5-9(11)13(16)18/h3-5,10,12H,2,6-7H2,1H3,(H2,16,18)(H,19,20). The second-order valence-corrected chi connectivity index (χ2v) is 5.78. The number of carbonyl (C=O) groups is 2. The van der Waals surface area contributed by atoms with E-state index < -0.39 is 17.8 Å². The van der Waals surface area contributed by atoms with E-state index in [1.54, 1.807) is 18.2 Å². The van der Waals surface area contributed by atoms with Crippen LogP contribution in [0, 0.1) is 5.92 Å². The Labute approximate surface area is 131 Å². The number of carboxylic acids is 1. The number of hydrogen-bond donors (Lipinski definition) is 2. The van der Waals surface area contributed by atoms with Crippen molar-refractivity contribution < 1.29 is 19.4 Å². The van der Waals surface area contributed by atoms with Crippen LogP contribution in [0.5, 0.6) is 0 Å². The van der Waals surface area contributed by atoms with E-state index in [1.165, 1.54) is 0 Å². The molecule has 1 heterocycles. The van der Waals surface area contributed by atoms with Crippen molar-refractivity contribution in [3.8, 4) is 0 Å². The lowest BCUT2D eigenvalue weighted by Gasteiger charge is -2.32. The van der Waals surface area contributed by atoms with Crippen LogP contribution in [-0.4, -0.2) is 42.8 Å². The quantitative estimate of drug-likeness (QED) is 0.833. The molecule has 0 radical (unpaired) electrons. The van der Waals surface area contributed by atoms with E-state index in [4.69, 9.17) is 10.5 Å². The maximum absolute atomic E-state index is 11.7. The highest BCUT2D eigenvalue weighted by Gasteiger charge is 2.38.